The summed E-state index contributed by atoms with van der Waals surface area (Å²) in [4.78, 5) is 6.83. The Kier molecular flexibility index (Phi) is 6.96. The summed E-state index contributed by atoms with van der Waals surface area (Å²) in [5, 5.41) is 6.69. The zero-order valence-electron chi connectivity index (χ0n) is 11.6. The van der Waals surface area contributed by atoms with Crippen LogP contribution in [0.25, 0.3) is 0 Å². The Labute approximate surface area is 115 Å². The summed E-state index contributed by atoms with van der Waals surface area (Å²) in [6, 6.07) is 0. The number of nitrogens with one attached hydrogen (secondary N) is 1. The lowest BCUT2D eigenvalue weighted by atomic mass is 10.2. The van der Waals surface area contributed by atoms with Gasteiger partial charge in [0, 0.05) is 18.5 Å². The highest BCUT2D eigenvalue weighted by atomic mass is 32.1. The van der Waals surface area contributed by atoms with Gasteiger partial charge < -0.3 is 5.32 Å². The standard InChI is InChI=1S/C14H23N3S/c1-5-7-17(6-2)10-13-11-18-14(16-13)9-15-8-12(3)4/h1,11-12,15H,6-10H2,2-4H3. The van der Waals surface area contributed by atoms with Crippen LogP contribution in [0.4, 0.5) is 0 Å². The topological polar surface area (TPSA) is 28.2 Å². The van der Waals surface area contributed by atoms with Gasteiger partial charge in [-0.15, -0.1) is 17.8 Å². The van der Waals surface area contributed by atoms with Crippen LogP contribution in [0.3, 0.4) is 0 Å². The minimum atomic E-state index is 0.677. The van der Waals surface area contributed by atoms with Gasteiger partial charge in [0.15, 0.2) is 0 Å². The zero-order valence-corrected chi connectivity index (χ0v) is 12.4. The number of nitrogens with zero attached hydrogens (tertiary/aromatic N) is 2. The first kappa shape index (κ1) is 15.2. The van der Waals surface area contributed by atoms with E-state index in [1.165, 1.54) is 0 Å². The maximum absolute atomic E-state index is 5.34. The molecule has 0 aliphatic heterocycles. The van der Waals surface area contributed by atoms with E-state index in [2.05, 4.69) is 47.3 Å². The lowest BCUT2D eigenvalue weighted by Crippen LogP contribution is -2.23. The van der Waals surface area contributed by atoms with Gasteiger partial charge in [-0.05, 0) is 19.0 Å². The molecule has 0 radical (unpaired) electrons. The summed E-state index contributed by atoms with van der Waals surface area (Å²) < 4.78 is 0. The van der Waals surface area contributed by atoms with Crippen LogP contribution < -0.4 is 5.32 Å². The van der Waals surface area contributed by atoms with Crippen molar-refractivity contribution in [2.75, 3.05) is 19.6 Å². The average Bonchev–Trinajstić information content (AvgIpc) is 2.76. The number of terminal acetylenes is 1. The Hall–Kier alpha value is -0.890. The molecule has 0 fully saturated rings. The van der Waals surface area contributed by atoms with Crippen LogP contribution in [0.1, 0.15) is 31.5 Å². The summed E-state index contributed by atoms with van der Waals surface area (Å²) in [5.74, 6) is 3.36. The van der Waals surface area contributed by atoms with Crippen LogP contribution in [0.2, 0.25) is 0 Å². The maximum Gasteiger partial charge on any atom is 0.107 e. The molecule has 0 atom stereocenters. The Morgan fingerprint density at radius 3 is 2.94 bits per heavy atom. The predicted molar refractivity (Wildman–Crippen MR) is 78.4 cm³/mol. The molecule has 0 bridgehead atoms. The summed E-state index contributed by atoms with van der Waals surface area (Å²) >= 11 is 1.72. The minimum Gasteiger partial charge on any atom is -0.310 e. The monoisotopic (exact) mass is 265 g/mol. The predicted octanol–water partition coefficient (Wildman–Crippen LogP) is 2.34. The molecule has 0 spiro atoms. The molecule has 0 amide bonds. The fourth-order valence-corrected chi connectivity index (χ4v) is 2.36. The Morgan fingerprint density at radius 1 is 1.56 bits per heavy atom. The number of thiazole rings is 1. The molecule has 18 heavy (non-hydrogen) atoms. The highest BCUT2D eigenvalue weighted by Gasteiger charge is 2.06. The molecule has 1 rings (SSSR count). The van der Waals surface area contributed by atoms with Gasteiger partial charge in [-0.1, -0.05) is 26.7 Å². The molecule has 0 saturated carbocycles. The van der Waals surface area contributed by atoms with Crippen molar-refractivity contribution < 1.29 is 0 Å². The third-order valence-electron chi connectivity index (χ3n) is 2.58. The van der Waals surface area contributed by atoms with Crippen molar-refractivity contribution >= 4 is 11.3 Å². The lowest BCUT2D eigenvalue weighted by Gasteiger charge is -2.15. The van der Waals surface area contributed by atoms with Crippen LogP contribution in [0.15, 0.2) is 5.38 Å². The third-order valence-corrected chi connectivity index (χ3v) is 3.47. The van der Waals surface area contributed by atoms with Gasteiger partial charge in [0.25, 0.3) is 0 Å². The van der Waals surface area contributed by atoms with Crippen molar-refractivity contribution in [1.29, 1.82) is 0 Å². The van der Waals surface area contributed by atoms with Crippen LogP contribution in [-0.4, -0.2) is 29.5 Å². The first-order valence-corrected chi connectivity index (χ1v) is 7.33. The van der Waals surface area contributed by atoms with Crippen LogP contribution >= 0.6 is 11.3 Å². The van der Waals surface area contributed by atoms with Gasteiger partial charge >= 0.3 is 0 Å². The molecule has 3 nitrogen and oxygen atoms in total. The SMILES string of the molecule is C#CCN(CC)Cc1csc(CNCC(C)C)n1. The first-order valence-electron chi connectivity index (χ1n) is 6.45. The molecule has 1 aromatic heterocycles. The Morgan fingerprint density at radius 2 is 2.33 bits per heavy atom. The van der Waals surface area contributed by atoms with Crippen LogP contribution in [0.5, 0.6) is 0 Å². The lowest BCUT2D eigenvalue weighted by molar-refractivity contribution is 0.312. The molecule has 1 heterocycles. The molecular formula is C14H23N3S. The second kappa shape index (κ2) is 8.25. The Bertz CT molecular complexity index is 379. The van der Waals surface area contributed by atoms with Crippen molar-refractivity contribution in [3.8, 4) is 12.3 Å². The van der Waals surface area contributed by atoms with E-state index >= 15 is 0 Å². The number of aromatic nitrogens is 1. The van der Waals surface area contributed by atoms with Gasteiger partial charge in [-0.25, -0.2) is 4.98 Å². The van der Waals surface area contributed by atoms with E-state index in [1.807, 2.05) is 0 Å². The zero-order chi connectivity index (χ0) is 13.4. The van der Waals surface area contributed by atoms with Crippen molar-refractivity contribution in [3.63, 3.8) is 0 Å². The van der Waals surface area contributed by atoms with Crippen molar-refractivity contribution in [2.45, 2.75) is 33.9 Å². The fraction of sp³-hybridized carbons (Fsp3) is 0.643. The highest BCUT2D eigenvalue weighted by Crippen LogP contribution is 2.11. The van der Waals surface area contributed by atoms with Gasteiger partial charge in [-0.2, -0.15) is 0 Å². The highest BCUT2D eigenvalue weighted by molar-refractivity contribution is 7.09. The van der Waals surface area contributed by atoms with E-state index < -0.39 is 0 Å². The van der Waals surface area contributed by atoms with E-state index in [0.717, 1.165) is 36.9 Å². The van der Waals surface area contributed by atoms with Gasteiger partial charge in [0.05, 0.1) is 12.2 Å². The van der Waals surface area contributed by atoms with Gasteiger partial charge in [0.2, 0.25) is 0 Å². The quantitative estimate of drug-likeness (QED) is 0.731. The van der Waals surface area contributed by atoms with Crippen molar-refractivity contribution in [2.24, 2.45) is 5.92 Å². The molecule has 1 aromatic rings. The first-order chi connectivity index (χ1) is 8.65. The molecule has 0 unspecified atom stereocenters. The number of hydrogen-bond donors (Lipinski definition) is 1. The number of rotatable bonds is 8. The molecule has 0 aromatic carbocycles. The second-order valence-corrected chi connectivity index (χ2v) is 5.71. The van der Waals surface area contributed by atoms with Crippen molar-refractivity contribution in [3.05, 3.63) is 16.1 Å². The van der Waals surface area contributed by atoms with E-state index in [-0.39, 0.29) is 0 Å². The van der Waals surface area contributed by atoms with Gasteiger partial charge in [-0.3, -0.25) is 4.90 Å². The maximum atomic E-state index is 5.34. The molecule has 0 aliphatic carbocycles. The van der Waals surface area contributed by atoms with Crippen LogP contribution in [-0.2, 0) is 13.1 Å². The Balaban J connectivity index is 2.40. The molecule has 0 aliphatic rings. The van der Waals surface area contributed by atoms with E-state index in [9.17, 15) is 0 Å². The fourth-order valence-electron chi connectivity index (χ4n) is 1.61. The summed E-state index contributed by atoms with van der Waals surface area (Å²) in [6.07, 6.45) is 5.34. The smallest absolute Gasteiger partial charge is 0.107 e. The van der Waals surface area contributed by atoms with Crippen molar-refractivity contribution in [1.82, 2.24) is 15.2 Å². The summed E-state index contributed by atoms with van der Waals surface area (Å²) in [6.45, 7) is 10.9. The van der Waals surface area contributed by atoms with Crippen LogP contribution in [0, 0.1) is 18.3 Å². The molecule has 100 valence electrons. The van der Waals surface area contributed by atoms with E-state index in [1.54, 1.807) is 11.3 Å². The largest absolute Gasteiger partial charge is 0.310 e. The normalized spacial score (nSPS) is 11.1. The third kappa shape index (κ3) is 5.63. The van der Waals surface area contributed by atoms with Gasteiger partial charge in [0.1, 0.15) is 5.01 Å². The van der Waals surface area contributed by atoms with E-state index in [4.69, 9.17) is 6.42 Å². The molecule has 0 saturated heterocycles. The van der Waals surface area contributed by atoms with E-state index in [0.29, 0.717) is 12.5 Å². The minimum absolute atomic E-state index is 0.677. The number of hydrogen-bond acceptors (Lipinski definition) is 4. The molecular weight excluding hydrogens is 242 g/mol. The second-order valence-electron chi connectivity index (χ2n) is 4.76. The molecule has 1 N–H and O–H groups in total. The summed E-state index contributed by atoms with van der Waals surface area (Å²) in [5.41, 5.74) is 1.12. The molecule has 4 heteroatoms. The average molecular weight is 265 g/mol. The summed E-state index contributed by atoms with van der Waals surface area (Å²) in [7, 11) is 0.